The van der Waals surface area contributed by atoms with Crippen LogP contribution in [0, 0.1) is 5.41 Å². The van der Waals surface area contributed by atoms with Crippen molar-refractivity contribution in [3.05, 3.63) is 52.9 Å². The Morgan fingerprint density at radius 1 is 1.29 bits per heavy atom. The summed E-state index contributed by atoms with van der Waals surface area (Å²) in [5, 5.41) is 8.54. The van der Waals surface area contributed by atoms with E-state index in [2.05, 4.69) is 9.97 Å². The molecule has 4 N–H and O–H groups in total. The second-order valence-electron chi connectivity index (χ2n) is 6.59. The molecule has 8 nitrogen and oxygen atoms in total. The van der Waals surface area contributed by atoms with Crippen molar-refractivity contribution in [3.63, 3.8) is 0 Å². The predicted molar refractivity (Wildman–Crippen MR) is 109 cm³/mol. The molecule has 0 atom stereocenters. The van der Waals surface area contributed by atoms with Crippen LogP contribution >= 0.6 is 11.6 Å². The fourth-order valence-electron chi connectivity index (χ4n) is 2.71. The summed E-state index contributed by atoms with van der Waals surface area (Å²) in [4.78, 5) is 22.9. The van der Waals surface area contributed by atoms with Gasteiger partial charge in [-0.05, 0) is 38.4 Å². The minimum absolute atomic E-state index is 0.258. The van der Waals surface area contributed by atoms with Gasteiger partial charge in [0.15, 0.2) is 11.7 Å². The Kier molecular flexibility index (Phi) is 5.53. The van der Waals surface area contributed by atoms with Crippen molar-refractivity contribution in [1.29, 1.82) is 5.41 Å². The fourth-order valence-corrected chi connectivity index (χ4v) is 2.92. The number of hydrogen-bond acceptors (Lipinski definition) is 5. The summed E-state index contributed by atoms with van der Waals surface area (Å²) in [5.41, 5.74) is 7.11. The largest absolute Gasteiger partial charge is 0.455 e. The molecule has 2 heterocycles. The van der Waals surface area contributed by atoms with Crippen molar-refractivity contribution in [3.8, 4) is 11.5 Å². The van der Waals surface area contributed by atoms with Crippen LogP contribution in [0.5, 0.6) is 11.5 Å². The van der Waals surface area contributed by atoms with E-state index < -0.39 is 5.91 Å². The predicted octanol–water partition coefficient (Wildman–Crippen LogP) is 3.04. The van der Waals surface area contributed by atoms with E-state index in [1.54, 1.807) is 30.5 Å². The van der Waals surface area contributed by atoms with Gasteiger partial charge in [0.2, 0.25) is 0 Å². The number of nitrogens with one attached hydrogen (secondary N) is 2. The molecule has 0 saturated carbocycles. The highest BCUT2D eigenvalue weighted by Crippen LogP contribution is 2.34. The van der Waals surface area contributed by atoms with Crippen LogP contribution in [-0.4, -0.2) is 52.8 Å². The minimum atomic E-state index is -0.442. The third-order valence-electron chi connectivity index (χ3n) is 4.09. The Morgan fingerprint density at radius 3 is 2.71 bits per heavy atom. The average Bonchev–Trinajstić information content (AvgIpc) is 3.09. The van der Waals surface area contributed by atoms with Gasteiger partial charge in [-0.25, -0.2) is 0 Å². The van der Waals surface area contributed by atoms with Gasteiger partial charge in [-0.1, -0.05) is 11.6 Å². The number of guanidine groups is 1. The number of benzene rings is 1. The summed E-state index contributed by atoms with van der Waals surface area (Å²) in [5.74, 6) is 0.351. The minimum Gasteiger partial charge on any atom is -0.455 e. The lowest BCUT2D eigenvalue weighted by Crippen LogP contribution is -2.38. The molecule has 0 fully saturated rings. The van der Waals surface area contributed by atoms with Crippen molar-refractivity contribution >= 4 is 34.4 Å². The number of carbonyl (C=O) groups is 1. The highest BCUT2D eigenvalue weighted by Gasteiger charge is 2.19. The van der Waals surface area contributed by atoms with Crippen molar-refractivity contribution in [2.24, 2.45) is 5.73 Å². The number of fused-ring (bicyclic) bond motifs is 1. The molecule has 0 aliphatic heterocycles. The van der Waals surface area contributed by atoms with Gasteiger partial charge in [-0.2, -0.15) is 0 Å². The lowest BCUT2D eigenvalue weighted by Gasteiger charge is -2.13. The summed E-state index contributed by atoms with van der Waals surface area (Å²) in [7, 11) is 5.36. The summed E-state index contributed by atoms with van der Waals surface area (Å²) >= 11 is 6.29. The van der Waals surface area contributed by atoms with Gasteiger partial charge in [-0.15, -0.1) is 0 Å². The maximum Gasteiger partial charge on any atom is 0.276 e. The topological polar surface area (TPSA) is 111 Å². The summed E-state index contributed by atoms with van der Waals surface area (Å²) < 4.78 is 6.03. The van der Waals surface area contributed by atoms with Gasteiger partial charge in [0, 0.05) is 31.2 Å². The smallest absolute Gasteiger partial charge is 0.276 e. The molecule has 0 saturated heterocycles. The highest BCUT2D eigenvalue weighted by molar-refractivity contribution is 6.35. The molecule has 9 heteroatoms. The number of rotatable bonds is 5. The molecule has 0 aliphatic carbocycles. The number of aromatic nitrogens is 2. The van der Waals surface area contributed by atoms with Gasteiger partial charge in [0.1, 0.15) is 11.4 Å². The van der Waals surface area contributed by atoms with Crippen LogP contribution in [0.1, 0.15) is 16.2 Å². The second-order valence-corrected chi connectivity index (χ2v) is 7.00. The van der Waals surface area contributed by atoms with Gasteiger partial charge in [0.25, 0.3) is 5.91 Å². The van der Waals surface area contributed by atoms with E-state index >= 15 is 0 Å². The molecule has 1 amide bonds. The Hall–Kier alpha value is -3.10. The van der Waals surface area contributed by atoms with Crippen molar-refractivity contribution in [1.82, 2.24) is 19.8 Å². The van der Waals surface area contributed by atoms with E-state index in [4.69, 9.17) is 27.5 Å². The molecule has 0 unspecified atom stereocenters. The van der Waals surface area contributed by atoms with Crippen LogP contribution in [0.25, 0.3) is 10.9 Å². The maximum atomic E-state index is 12.5. The number of ether oxygens (including phenoxy) is 1. The normalized spacial score (nSPS) is 11.0. The third kappa shape index (κ3) is 4.08. The number of H-pyrrole nitrogens is 1. The third-order valence-corrected chi connectivity index (χ3v) is 4.42. The zero-order valence-corrected chi connectivity index (χ0v) is 16.5. The Morgan fingerprint density at radius 2 is 2.04 bits per heavy atom. The molecule has 3 rings (SSSR count). The first kappa shape index (κ1) is 19.7. The van der Waals surface area contributed by atoms with E-state index in [1.807, 2.05) is 25.1 Å². The number of halogens is 1. The number of aromatic amines is 1. The van der Waals surface area contributed by atoms with Gasteiger partial charge < -0.3 is 20.4 Å². The quantitative estimate of drug-likeness (QED) is 0.450. The summed E-state index contributed by atoms with van der Waals surface area (Å²) in [6.07, 6.45) is 1.69. The first-order valence-corrected chi connectivity index (χ1v) is 8.85. The molecule has 0 radical (unpaired) electrons. The van der Waals surface area contributed by atoms with Crippen LogP contribution in [-0.2, 0) is 6.54 Å². The number of amides is 1. The van der Waals surface area contributed by atoms with Crippen LogP contribution in [0.4, 0.5) is 0 Å². The average molecular weight is 401 g/mol. The monoisotopic (exact) mass is 400 g/mol. The number of carbonyl (C=O) groups excluding carboxylic acids is 1. The molecule has 3 aromatic rings. The van der Waals surface area contributed by atoms with Crippen LogP contribution < -0.4 is 10.5 Å². The number of pyridine rings is 1. The van der Waals surface area contributed by atoms with Crippen molar-refractivity contribution in [2.45, 2.75) is 6.54 Å². The van der Waals surface area contributed by atoms with Gasteiger partial charge in [-0.3, -0.25) is 20.1 Å². The Bertz CT molecular complexity index is 1050. The molecule has 1 aromatic carbocycles. The SMILES string of the molecule is CN(C)Cc1cc(Oc2ccc(Cl)c3cc(C(=O)N(C)C(=N)N)[nH]c23)ccn1. The summed E-state index contributed by atoms with van der Waals surface area (Å²) in [6, 6.07) is 8.68. The lowest BCUT2D eigenvalue weighted by molar-refractivity contribution is 0.0864. The Labute approximate surface area is 167 Å². The van der Waals surface area contributed by atoms with Gasteiger partial charge in [0.05, 0.1) is 16.2 Å². The van der Waals surface area contributed by atoms with E-state index in [1.165, 1.54) is 7.05 Å². The van der Waals surface area contributed by atoms with Crippen LogP contribution in [0.3, 0.4) is 0 Å². The van der Waals surface area contributed by atoms with E-state index in [9.17, 15) is 4.79 Å². The molecule has 0 spiro atoms. The molecule has 28 heavy (non-hydrogen) atoms. The second kappa shape index (κ2) is 7.87. The molecule has 0 aliphatic rings. The van der Waals surface area contributed by atoms with Crippen LogP contribution in [0.15, 0.2) is 36.5 Å². The molecular formula is C19H21ClN6O2. The van der Waals surface area contributed by atoms with Crippen molar-refractivity contribution < 1.29 is 9.53 Å². The molecular weight excluding hydrogens is 380 g/mol. The maximum absolute atomic E-state index is 12.5. The molecule has 2 aromatic heterocycles. The lowest BCUT2D eigenvalue weighted by atomic mass is 10.2. The first-order chi connectivity index (χ1) is 13.3. The van der Waals surface area contributed by atoms with Crippen LogP contribution in [0.2, 0.25) is 5.02 Å². The number of nitrogens with zero attached hydrogens (tertiary/aromatic N) is 3. The molecule has 0 bridgehead atoms. The molecule has 146 valence electrons. The number of hydrogen-bond donors (Lipinski definition) is 3. The number of nitrogens with two attached hydrogens (primary N) is 1. The van der Waals surface area contributed by atoms with E-state index in [0.717, 1.165) is 10.6 Å². The van der Waals surface area contributed by atoms with E-state index in [-0.39, 0.29) is 11.7 Å². The summed E-state index contributed by atoms with van der Waals surface area (Å²) in [6.45, 7) is 0.686. The Balaban J connectivity index is 1.97. The zero-order chi connectivity index (χ0) is 20.4. The standard InChI is InChI=1S/C19H21ClN6O2/c1-25(2)10-11-8-12(6-7-23-11)28-16-5-4-14(20)13-9-15(24-17(13)16)18(27)26(3)19(21)22/h4-9,24H,10H2,1-3H3,(H3,21,22). The van der Waals surface area contributed by atoms with E-state index in [0.29, 0.717) is 34.0 Å². The first-order valence-electron chi connectivity index (χ1n) is 8.47. The van der Waals surface area contributed by atoms with Gasteiger partial charge >= 0.3 is 0 Å². The fraction of sp³-hybridized carbons (Fsp3) is 0.211. The zero-order valence-electron chi connectivity index (χ0n) is 15.8. The van der Waals surface area contributed by atoms with Crippen molar-refractivity contribution in [2.75, 3.05) is 21.1 Å². The highest BCUT2D eigenvalue weighted by atomic mass is 35.5.